The van der Waals surface area contributed by atoms with Crippen molar-refractivity contribution >= 4 is 28.8 Å². The molecule has 1 rings (SSSR count). The number of amides is 1. The number of hydrogen-bond donors (Lipinski definition) is 4. The first-order valence-electron chi connectivity index (χ1n) is 3.90. The number of rotatable bonds is 3. The molecule has 0 atom stereocenters. The number of anilines is 1. The van der Waals surface area contributed by atoms with Crippen LogP contribution in [0.2, 0.25) is 0 Å². The first-order chi connectivity index (χ1) is 7.13. The van der Waals surface area contributed by atoms with Crippen LogP contribution in [0, 0.1) is 0 Å². The van der Waals surface area contributed by atoms with E-state index in [1.807, 2.05) is 0 Å². The van der Waals surface area contributed by atoms with Gasteiger partial charge in [0.2, 0.25) is 0 Å². The average Bonchev–Trinajstić information content (AvgIpc) is 2.18. The molecule has 80 valence electrons. The highest BCUT2D eigenvalue weighted by molar-refractivity contribution is 8.12. The molecule has 0 aliphatic carbocycles. The molecule has 0 saturated carbocycles. The zero-order valence-electron chi connectivity index (χ0n) is 7.56. The number of benzene rings is 1. The summed E-state index contributed by atoms with van der Waals surface area (Å²) in [5, 5.41) is 10.7. The first-order valence-corrected chi connectivity index (χ1v) is 4.72. The third-order valence-corrected chi connectivity index (χ3v) is 1.91. The van der Waals surface area contributed by atoms with Crippen LogP contribution in [0.15, 0.2) is 24.3 Å². The third-order valence-electron chi connectivity index (χ3n) is 1.51. The maximum Gasteiger partial charge on any atom is 0.335 e. The van der Waals surface area contributed by atoms with Crippen LogP contribution in [0.5, 0.6) is 0 Å². The van der Waals surface area contributed by atoms with Crippen molar-refractivity contribution in [3.63, 3.8) is 0 Å². The summed E-state index contributed by atoms with van der Waals surface area (Å²) in [5.41, 5.74) is 0.515. The minimum absolute atomic E-state index is 0.110. The summed E-state index contributed by atoms with van der Waals surface area (Å²) >= 11 is 0.671. The Hall–Kier alpha value is -1.57. The second kappa shape index (κ2) is 5.35. The Morgan fingerprint density at radius 1 is 1.40 bits per heavy atom. The smallest absolute Gasteiger partial charge is 0.335 e. The summed E-state index contributed by atoms with van der Waals surface area (Å²) in [5.74, 6) is 3.87. The minimum Gasteiger partial charge on any atom is -0.478 e. The predicted octanol–water partition coefficient (Wildman–Crippen LogP) is 1.03. The largest absolute Gasteiger partial charge is 0.478 e. The average molecular weight is 227 g/mol. The van der Waals surface area contributed by atoms with Crippen LogP contribution in [0.4, 0.5) is 10.5 Å². The van der Waals surface area contributed by atoms with Gasteiger partial charge in [-0.15, -0.1) is 0 Å². The highest BCUT2D eigenvalue weighted by atomic mass is 32.2. The first kappa shape index (κ1) is 11.5. The van der Waals surface area contributed by atoms with Gasteiger partial charge in [-0.3, -0.25) is 10.6 Å². The fourth-order valence-electron chi connectivity index (χ4n) is 0.927. The summed E-state index contributed by atoms with van der Waals surface area (Å²) in [4.78, 5) is 23.8. The number of carboxylic acids is 1. The van der Waals surface area contributed by atoms with Crippen molar-refractivity contribution in [2.24, 2.45) is 5.84 Å². The molecule has 0 radical (unpaired) electrons. The van der Waals surface area contributed by atoms with Gasteiger partial charge in [-0.05, 0) is 18.2 Å². The van der Waals surface area contributed by atoms with E-state index in [0.29, 0.717) is 17.6 Å². The molecule has 0 unspecified atom stereocenters. The minimum atomic E-state index is -1.05. The zero-order chi connectivity index (χ0) is 11.3. The molecular weight excluding hydrogens is 218 g/mol. The maximum atomic E-state index is 11.1. The molecule has 0 aliphatic heterocycles. The van der Waals surface area contributed by atoms with Gasteiger partial charge in [-0.2, -0.15) is 4.83 Å². The molecule has 0 heterocycles. The standard InChI is InChI=1S/C8H9N3O3S/c9-11-15-8(14)10-6-3-1-2-5(4-6)7(12)13/h1-4,11H,9H2,(H,10,14)(H,12,13). The molecule has 0 bridgehead atoms. The molecule has 0 spiro atoms. The highest BCUT2D eigenvalue weighted by Gasteiger charge is 2.05. The van der Waals surface area contributed by atoms with Crippen LogP contribution < -0.4 is 16.0 Å². The van der Waals surface area contributed by atoms with E-state index in [1.165, 1.54) is 12.1 Å². The van der Waals surface area contributed by atoms with Crippen LogP contribution >= 0.6 is 11.9 Å². The van der Waals surface area contributed by atoms with Crippen molar-refractivity contribution in [1.29, 1.82) is 0 Å². The lowest BCUT2D eigenvalue weighted by Gasteiger charge is -2.04. The lowest BCUT2D eigenvalue weighted by Crippen LogP contribution is -2.18. The van der Waals surface area contributed by atoms with E-state index in [9.17, 15) is 9.59 Å². The van der Waals surface area contributed by atoms with Crippen LogP contribution in [0.3, 0.4) is 0 Å². The Balaban J connectivity index is 2.73. The fourth-order valence-corrected chi connectivity index (χ4v) is 1.20. The highest BCUT2D eigenvalue weighted by Crippen LogP contribution is 2.12. The van der Waals surface area contributed by atoms with Crippen LogP contribution in [-0.2, 0) is 0 Å². The quantitative estimate of drug-likeness (QED) is 0.349. The summed E-state index contributed by atoms with van der Waals surface area (Å²) in [6, 6.07) is 5.92. The number of hydrogen-bond acceptors (Lipinski definition) is 5. The molecule has 0 aliphatic rings. The summed E-state index contributed by atoms with van der Waals surface area (Å²) in [6.07, 6.45) is 0. The van der Waals surface area contributed by atoms with E-state index >= 15 is 0 Å². The fraction of sp³-hybridized carbons (Fsp3) is 0. The topological polar surface area (TPSA) is 104 Å². The van der Waals surface area contributed by atoms with Crippen molar-refractivity contribution in [3.05, 3.63) is 29.8 Å². The lowest BCUT2D eigenvalue weighted by molar-refractivity contribution is 0.0697. The number of carbonyl (C=O) groups excluding carboxylic acids is 1. The van der Waals surface area contributed by atoms with Crippen molar-refractivity contribution in [3.8, 4) is 0 Å². The van der Waals surface area contributed by atoms with Crippen LogP contribution in [-0.4, -0.2) is 16.3 Å². The normalized spacial score (nSPS) is 9.67. The van der Waals surface area contributed by atoms with Crippen molar-refractivity contribution in [2.75, 3.05) is 5.32 Å². The van der Waals surface area contributed by atoms with Gasteiger partial charge in [0.05, 0.1) is 5.56 Å². The molecule has 0 fully saturated rings. The molecule has 7 heteroatoms. The number of carbonyl (C=O) groups is 2. The van der Waals surface area contributed by atoms with Gasteiger partial charge in [0.1, 0.15) is 0 Å². The van der Waals surface area contributed by atoms with Crippen LogP contribution in [0.25, 0.3) is 0 Å². The number of aromatic carboxylic acids is 1. The monoisotopic (exact) mass is 227 g/mol. The Morgan fingerprint density at radius 2 is 2.13 bits per heavy atom. The molecule has 5 N–H and O–H groups in total. The molecule has 6 nitrogen and oxygen atoms in total. The summed E-state index contributed by atoms with van der Waals surface area (Å²) < 4.78 is 0. The van der Waals surface area contributed by atoms with E-state index in [0.717, 1.165) is 0 Å². The van der Waals surface area contributed by atoms with E-state index in [1.54, 1.807) is 12.1 Å². The number of nitrogens with one attached hydrogen (secondary N) is 2. The summed E-state index contributed by atoms with van der Waals surface area (Å²) in [7, 11) is 0. The zero-order valence-corrected chi connectivity index (χ0v) is 8.38. The van der Waals surface area contributed by atoms with E-state index in [2.05, 4.69) is 10.1 Å². The second-order valence-corrected chi connectivity index (χ2v) is 3.33. The number of carboxylic acid groups (broad SMARTS) is 1. The molecule has 1 amide bonds. The van der Waals surface area contributed by atoms with Crippen molar-refractivity contribution in [2.45, 2.75) is 0 Å². The third kappa shape index (κ3) is 3.58. The van der Waals surface area contributed by atoms with E-state index < -0.39 is 11.2 Å². The molecule has 1 aromatic carbocycles. The van der Waals surface area contributed by atoms with Gasteiger partial charge in [0, 0.05) is 17.6 Å². The maximum absolute atomic E-state index is 11.1. The van der Waals surface area contributed by atoms with Gasteiger partial charge in [0.15, 0.2) is 0 Å². The Bertz CT molecular complexity index is 383. The number of nitrogens with two attached hydrogens (primary N) is 1. The van der Waals surface area contributed by atoms with Gasteiger partial charge in [-0.1, -0.05) is 6.07 Å². The molecule has 1 aromatic rings. The molecular formula is C8H9N3O3S. The molecule has 0 aromatic heterocycles. The van der Waals surface area contributed by atoms with Gasteiger partial charge < -0.3 is 10.4 Å². The molecule has 0 saturated heterocycles. The van der Waals surface area contributed by atoms with Gasteiger partial charge >= 0.3 is 5.97 Å². The summed E-state index contributed by atoms with van der Waals surface area (Å²) in [6.45, 7) is 0. The van der Waals surface area contributed by atoms with E-state index in [-0.39, 0.29) is 5.56 Å². The number of hydrazine groups is 1. The lowest BCUT2D eigenvalue weighted by atomic mass is 10.2. The van der Waals surface area contributed by atoms with E-state index in [4.69, 9.17) is 10.9 Å². The van der Waals surface area contributed by atoms with Gasteiger partial charge in [-0.25, -0.2) is 4.79 Å². The Kier molecular flexibility index (Phi) is 4.10. The SMILES string of the molecule is NNSC(=O)Nc1cccc(C(=O)O)c1. The van der Waals surface area contributed by atoms with Crippen molar-refractivity contribution < 1.29 is 14.7 Å². The predicted molar refractivity (Wildman–Crippen MR) is 57.3 cm³/mol. The van der Waals surface area contributed by atoms with Crippen molar-refractivity contribution in [1.82, 2.24) is 4.83 Å². The Labute approximate surface area is 89.9 Å². The Morgan fingerprint density at radius 3 is 2.73 bits per heavy atom. The second-order valence-electron chi connectivity index (χ2n) is 2.52. The van der Waals surface area contributed by atoms with Crippen LogP contribution in [0.1, 0.15) is 10.4 Å². The molecule has 15 heavy (non-hydrogen) atoms. The van der Waals surface area contributed by atoms with Gasteiger partial charge in [0.25, 0.3) is 5.24 Å².